The van der Waals surface area contributed by atoms with Gasteiger partial charge in [0.25, 0.3) is 23.6 Å². The van der Waals surface area contributed by atoms with Crippen molar-refractivity contribution in [3.8, 4) is 0 Å². The molecule has 17 heteroatoms. The SMILES string of the molecule is CN1C(=O)[C@]23SS[C@@]1(C)C(=O)N2[C@H]1Nc2ccccc2[C@]1(C12c4ccccc4N[C@@H]1N1C(=O)[C@]4(CO)SS[C@]1(C(=O)N4C)[C@H]2O)[C@@H]3O. The van der Waals surface area contributed by atoms with Gasteiger partial charge in [-0.1, -0.05) is 47.2 Å². The summed E-state index contributed by atoms with van der Waals surface area (Å²) in [6.45, 7) is 1.04. The number of anilines is 2. The second-order valence-electron chi connectivity index (χ2n) is 13.5. The zero-order valence-electron chi connectivity index (χ0n) is 25.0. The van der Waals surface area contributed by atoms with Crippen molar-refractivity contribution >= 4 is 78.2 Å². The van der Waals surface area contributed by atoms with E-state index in [1.54, 1.807) is 26.1 Å². The summed E-state index contributed by atoms with van der Waals surface area (Å²) in [6.07, 6.45) is -5.50. The van der Waals surface area contributed by atoms with Gasteiger partial charge in [0, 0.05) is 25.5 Å². The number of aliphatic hydroxyl groups is 3. The number of likely N-dealkylation sites (N-methyl/N-ethyl adjacent to an activating group) is 2. The van der Waals surface area contributed by atoms with E-state index in [0.717, 1.165) is 32.4 Å². The van der Waals surface area contributed by atoms with E-state index in [-0.39, 0.29) is 5.91 Å². The average Bonchev–Trinajstić information content (AvgIpc) is 3.72. The molecule has 10 aliphatic rings. The van der Waals surface area contributed by atoms with Crippen LogP contribution in [0.2, 0.25) is 0 Å². The number of amides is 4. The lowest BCUT2D eigenvalue weighted by Gasteiger charge is -2.58. The van der Waals surface area contributed by atoms with Gasteiger partial charge in [-0.15, -0.1) is 0 Å². The van der Waals surface area contributed by atoms with Crippen molar-refractivity contribution in [1.29, 1.82) is 0 Å². The second kappa shape index (κ2) is 8.31. The van der Waals surface area contributed by atoms with Crippen molar-refractivity contribution in [3.05, 3.63) is 59.7 Å². The highest BCUT2D eigenvalue weighted by Crippen LogP contribution is 2.78. The Morgan fingerprint density at radius 2 is 1.15 bits per heavy atom. The zero-order valence-corrected chi connectivity index (χ0v) is 28.3. The standard InChI is InChI=1S/C30H28N6O7S4/c1-25-21(40)35-19-27(13-8-4-6-10-15(13)31-19,17(38)29(35,46-44-25)23(42)33(25)2)28-14-9-5-7-11-16(14)32-20(28)36-22(41)26(12-37)34(3)24(43)30(36,18(28)39)47-45-26/h4-11,17-20,31-32,37-39H,12H2,1-3H3/t17-,18-,19+,20+,25-,26-,27-,28?,29-,30-/m0/s1. The number of nitrogens with one attached hydrogen (secondary N) is 2. The normalized spacial score (nSPS) is 46.3. The first-order valence-electron chi connectivity index (χ1n) is 15.1. The molecule has 0 saturated carbocycles. The quantitative estimate of drug-likeness (QED) is 0.271. The summed E-state index contributed by atoms with van der Waals surface area (Å²) in [5, 5.41) is 44.2. The lowest BCUT2D eigenvalue weighted by atomic mass is 9.52. The molecule has 47 heavy (non-hydrogen) atoms. The third-order valence-corrected chi connectivity index (χ3v) is 19.5. The molecule has 1 unspecified atom stereocenters. The van der Waals surface area contributed by atoms with Crippen LogP contribution in [-0.4, -0.2) is 123 Å². The van der Waals surface area contributed by atoms with Crippen LogP contribution in [-0.2, 0) is 30.0 Å². The Morgan fingerprint density at radius 1 is 0.681 bits per heavy atom. The summed E-state index contributed by atoms with van der Waals surface area (Å²) in [5.74, 6) is -1.94. The van der Waals surface area contributed by atoms with E-state index in [2.05, 4.69) is 10.6 Å². The predicted molar refractivity (Wildman–Crippen MR) is 176 cm³/mol. The Labute approximate surface area is 283 Å². The van der Waals surface area contributed by atoms with Gasteiger partial charge in [-0.3, -0.25) is 29.0 Å². The van der Waals surface area contributed by atoms with Crippen LogP contribution in [0.1, 0.15) is 18.1 Å². The number of aliphatic hydroxyl groups excluding tert-OH is 3. The van der Waals surface area contributed by atoms with Crippen LogP contribution in [0.3, 0.4) is 0 Å². The minimum atomic E-state index is -1.87. The van der Waals surface area contributed by atoms with Crippen molar-refractivity contribution in [2.75, 3.05) is 31.3 Å². The molecule has 4 amide bonds. The summed E-state index contributed by atoms with van der Waals surface area (Å²) in [4.78, 5) is 57.4. The highest BCUT2D eigenvalue weighted by Gasteiger charge is 2.93. The van der Waals surface area contributed by atoms with E-state index in [0.29, 0.717) is 22.5 Å². The molecule has 4 bridgehead atoms. The van der Waals surface area contributed by atoms with E-state index in [9.17, 15) is 34.5 Å². The number of carbonyl (C=O) groups is 4. The fraction of sp³-hybridized carbons (Fsp3) is 0.467. The Morgan fingerprint density at radius 3 is 1.68 bits per heavy atom. The highest BCUT2D eigenvalue weighted by molar-refractivity contribution is 8.78. The Hall–Kier alpha value is -2.80. The molecule has 2 spiro atoms. The van der Waals surface area contributed by atoms with Crippen LogP contribution in [0.5, 0.6) is 0 Å². The lowest BCUT2D eigenvalue weighted by Crippen LogP contribution is -2.79. The number of carbonyl (C=O) groups excluding carboxylic acids is 4. The summed E-state index contributed by atoms with van der Waals surface area (Å²) in [6, 6.07) is 14.5. The predicted octanol–water partition coefficient (Wildman–Crippen LogP) is 0.303. The number of para-hydroxylation sites is 2. The first kappa shape index (κ1) is 29.1. The van der Waals surface area contributed by atoms with Gasteiger partial charge in [0.15, 0.2) is 4.87 Å². The molecule has 8 saturated heterocycles. The molecular weight excluding hydrogens is 685 g/mol. The van der Waals surface area contributed by atoms with Crippen LogP contribution in [0.4, 0.5) is 11.4 Å². The van der Waals surface area contributed by atoms with Crippen LogP contribution in [0.15, 0.2) is 48.5 Å². The van der Waals surface area contributed by atoms with Crippen molar-refractivity contribution in [2.24, 2.45) is 0 Å². The molecule has 0 radical (unpaired) electrons. The fourth-order valence-electron chi connectivity index (χ4n) is 9.92. The number of hydrogen-bond donors (Lipinski definition) is 5. The maximum Gasteiger partial charge on any atom is 0.265 e. The van der Waals surface area contributed by atoms with E-state index in [1.807, 2.05) is 36.4 Å². The van der Waals surface area contributed by atoms with Gasteiger partial charge in [-0.25, -0.2) is 0 Å². The number of benzene rings is 2. The van der Waals surface area contributed by atoms with Gasteiger partial charge < -0.3 is 35.8 Å². The van der Waals surface area contributed by atoms with E-state index in [1.165, 1.54) is 37.4 Å². The largest absolute Gasteiger partial charge is 0.392 e. The van der Waals surface area contributed by atoms with Gasteiger partial charge >= 0.3 is 0 Å². The molecule has 8 fully saturated rings. The van der Waals surface area contributed by atoms with E-state index in [4.69, 9.17) is 0 Å². The number of fused-ring (bicyclic) bond motifs is 11. The second-order valence-corrected chi connectivity index (χ2v) is 18.8. The Bertz CT molecular complexity index is 1920. The summed E-state index contributed by atoms with van der Waals surface area (Å²) in [5.41, 5.74) is -1.12. The van der Waals surface area contributed by atoms with Crippen LogP contribution in [0, 0.1) is 0 Å². The van der Waals surface area contributed by atoms with Crippen molar-refractivity contribution in [2.45, 2.75) is 61.8 Å². The molecule has 10 aliphatic heterocycles. The van der Waals surface area contributed by atoms with Crippen molar-refractivity contribution < 1.29 is 34.5 Å². The Kier molecular flexibility index (Phi) is 5.15. The molecule has 10 atom stereocenters. The Balaban J connectivity index is 1.35. The average molecular weight is 713 g/mol. The zero-order chi connectivity index (χ0) is 32.8. The van der Waals surface area contributed by atoms with Crippen molar-refractivity contribution in [1.82, 2.24) is 19.6 Å². The van der Waals surface area contributed by atoms with Crippen LogP contribution >= 0.6 is 43.2 Å². The topological polar surface area (TPSA) is 166 Å². The third-order valence-electron chi connectivity index (χ3n) is 12.1. The van der Waals surface area contributed by atoms with Gasteiger partial charge in [0.05, 0.1) is 17.4 Å². The maximum absolute atomic E-state index is 14.7. The van der Waals surface area contributed by atoms with E-state index < -0.39 is 79.2 Å². The first-order chi connectivity index (χ1) is 22.4. The molecule has 2 aromatic carbocycles. The monoisotopic (exact) mass is 712 g/mol. The van der Waals surface area contributed by atoms with Gasteiger partial charge in [-0.2, -0.15) is 0 Å². The lowest BCUT2D eigenvalue weighted by molar-refractivity contribution is -0.169. The van der Waals surface area contributed by atoms with Gasteiger partial charge in [0.2, 0.25) is 14.6 Å². The van der Waals surface area contributed by atoms with E-state index >= 15 is 0 Å². The first-order valence-corrected chi connectivity index (χ1v) is 19.4. The summed E-state index contributed by atoms with van der Waals surface area (Å²) >= 11 is 0. The van der Waals surface area contributed by atoms with Crippen LogP contribution < -0.4 is 10.6 Å². The minimum Gasteiger partial charge on any atom is -0.392 e. The number of nitrogens with zero attached hydrogens (tertiary/aromatic N) is 4. The molecule has 10 heterocycles. The molecular formula is C30H28N6O7S4. The molecule has 13 nitrogen and oxygen atoms in total. The maximum atomic E-state index is 14.7. The van der Waals surface area contributed by atoms with Gasteiger partial charge in [-0.05, 0) is 62.6 Å². The minimum absolute atomic E-state index is 0.373. The molecule has 0 aromatic heterocycles. The fourth-order valence-corrected chi connectivity index (χ4v) is 17.1. The highest BCUT2D eigenvalue weighted by atomic mass is 33.1. The summed E-state index contributed by atoms with van der Waals surface area (Å²) < 4.78 is 0. The molecule has 5 N–H and O–H groups in total. The smallest absolute Gasteiger partial charge is 0.265 e. The molecule has 2 aromatic rings. The van der Waals surface area contributed by atoms with Gasteiger partial charge in [0.1, 0.15) is 24.5 Å². The van der Waals surface area contributed by atoms with Crippen LogP contribution in [0.25, 0.3) is 0 Å². The number of hydrogen-bond acceptors (Lipinski definition) is 13. The number of piperazine rings is 2. The summed E-state index contributed by atoms with van der Waals surface area (Å²) in [7, 11) is 7.44. The number of rotatable bonds is 2. The third kappa shape index (κ3) is 2.44. The molecule has 244 valence electrons. The van der Waals surface area contributed by atoms with Crippen molar-refractivity contribution in [3.63, 3.8) is 0 Å². The molecule has 0 aliphatic carbocycles. The molecule has 12 rings (SSSR count).